The first-order chi connectivity index (χ1) is 38.0. The third kappa shape index (κ3) is 13.0. The van der Waals surface area contributed by atoms with E-state index in [1.54, 1.807) is 70.2 Å². The smallest absolute Gasteiger partial charge is 0.335 e. The summed E-state index contributed by atoms with van der Waals surface area (Å²) in [7, 11) is -4.59. The van der Waals surface area contributed by atoms with Gasteiger partial charge in [0.2, 0.25) is 5.78 Å². The lowest BCUT2D eigenvalue weighted by molar-refractivity contribution is -0.158. The predicted octanol–water partition coefficient (Wildman–Crippen LogP) is 7.13. The van der Waals surface area contributed by atoms with Crippen LogP contribution in [0.25, 0.3) is 0 Å². The Labute approximate surface area is 473 Å². The SMILES string of the molecule is CC(=O)O[C@H]1[C@H](C)[C@H](O)[C@H](C)[C@@H](O)[C@@H](C)/C=C/C=C(/C)C(=O)NC2=C3C(=NC4(CCN(CC(C)C)CC4)N3CCC(=O)c3ccc(OCCCC(C=O)P(=O)(O)O)cc3)c3c(c(O)c(C)c4c3C(=O)[C@@](C)(O/C=C/[C@H](C)[C@H]1C)O4)C2=O. The van der Waals surface area contributed by atoms with Crippen molar-refractivity contribution in [3.63, 3.8) is 0 Å². The second kappa shape index (κ2) is 25.1. The number of aliphatic imine (C=N–C) groups is 1. The zero-order valence-corrected chi connectivity index (χ0v) is 49.0. The third-order valence-electron chi connectivity index (χ3n) is 16.7. The molecule has 81 heavy (non-hydrogen) atoms. The first-order valence-corrected chi connectivity index (χ1v) is 29.6. The molecule has 6 aliphatic rings. The summed E-state index contributed by atoms with van der Waals surface area (Å²) >= 11 is 0. The summed E-state index contributed by atoms with van der Waals surface area (Å²) in [6.45, 7) is 20.9. The fourth-order valence-corrected chi connectivity index (χ4v) is 12.3. The number of aromatic hydroxyl groups is 1. The Kier molecular flexibility index (Phi) is 19.3. The Morgan fingerprint density at radius 3 is 2.22 bits per heavy atom. The van der Waals surface area contributed by atoms with Crippen molar-refractivity contribution in [2.45, 2.75) is 144 Å². The Morgan fingerprint density at radius 2 is 1.60 bits per heavy atom. The predicted molar refractivity (Wildman–Crippen MR) is 301 cm³/mol. The van der Waals surface area contributed by atoms with Crippen molar-refractivity contribution in [2.24, 2.45) is 40.5 Å². The monoisotopic (exact) mass is 1140 g/mol. The quantitative estimate of drug-likeness (QED) is 0.0361. The van der Waals surface area contributed by atoms with Gasteiger partial charge >= 0.3 is 19.4 Å². The third-order valence-corrected chi connectivity index (χ3v) is 18.0. The number of nitrogens with one attached hydrogen (secondary N) is 1. The van der Waals surface area contributed by atoms with Crippen LogP contribution in [0.2, 0.25) is 0 Å². The molecule has 10 atom stereocenters. The van der Waals surface area contributed by atoms with E-state index in [1.807, 2.05) is 18.7 Å². The molecule has 21 heteroatoms. The number of hydrogen-bond donors (Lipinski definition) is 6. The summed E-state index contributed by atoms with van der Waals surface area (Å²) in [5.41, 5.74) is -2.30. The molecule has 0 aromatic heterocycles. The number of phenolic OH excluding ortho intramolecular Hbond substituents is 1. The van der Waals surface area contributed by atoms with Crippen LogP contribution in [0.4, 0.5) is 0 Å². The molecule has 6 N–H and O–H groups in total. The number of phenols is 1. The first-order valence-electron chi connectivity index (χ1n) is 27.9. The Bertz CT molecular complexity index is 2990. The average molecular weight is 1140 g/mol. The first kappa shape index (κ1) is 62.3. The minimum absolute atomic E-state index is 0.00518. The number of esters is 1. The van der Waals surface area contributed by atoms with Crippen LogP contribution in [0, 0.1) is 42.4 Å². The van der Waals surface area contributed by atoms with Crippen molar-refractivity contribution < 1.29 is 77.4 Å². The van der Waals surface area contributed by atoms with Crippen molar-refractivity contribution >= 4 is 48.8 Å². The van der Waals surface area contributed by atoms with Gasteiger partial charge in [0, 0.05) is 99.3 Å². The highest BCUT2D eigenvalue weighted by Crippen LogP contribution is 2.53. The molecular weight excluding hydrogens is 1060 g/mol. The van der Waals surface area contributed by atoms with Crippen LogP contribution in [0.5, 0.6) is 17.2 Å². The number of nitrogens with zero attached hydrogens (tertiary/aromatic N) is 3. The number of carbonyl (C=O) groups is 6. The number of aldehydes is 1. The maximum Gasteiger partial charge on any atom is 0.335 e. The number of ether oxygens (including phenoxy) is 4. The standard InChI is InChI=1S/C60H79N4O16P/c1-32(2)30-63-26-23-60(24-27-63)62-48-45-46-53(70)39(9)56-47(45)57(72)59(11,80-56)78-29-22-33(3)36(6)55(79-40(10)66)38(8)52(69)37(7)51(68)34(4)14-12-15-35(5)58(73)61-49(54(46)71)50(48)64(60)25-21-44(67)41-17-19-42(20-18-41)77-28-13-16-43(31-65)81(74,75)76/h12,14-15,17-20,22,29,31-34,36-38,43,51-52,55,68-70H,13,16,21,23-28,30H2,1-11H3,(H,61,73)(H2,74,75,76)/b14-12+,29-22+,35-15-/t33-,34-,36+,37+,38+,43?,51-,52+,55+,59-/m0/s1. The number of benzene rings is 2. The number of ketones is 3. The summed E-state index contributed by atoms with van der Waals surface area (Å²) in [6, 6.07) is 6.34. The molecule has 1 unspecified atom stereocenters. The summed E-state index contributed by atoms with van der Waals surface area (Å²) < 4.78 is 35.8. The number of likely N-dealkylation sites (tertiary alicyclic amines) is 1. The molecule has 0 radical (unpaired) electrons. The minimum Gasteiger partial charge on any atom is -0.507 e. The molecule has 1 amide bonds. The Hall–Kier alpha value is -6.28. The van der Waals surface area contributed by atoms with Crippen LogP contribution in [0.1, 0.15) is 144 Å². The lowest BCUT2D eigenvalue weighted by atomic mass is 9.77. The van der Waals surface area contributed by atoms with E-state index in [-0.39, 0.29) is 101 Å². The molecule has 5 heterocycles. The molecule has 1 saturated heterocycles. The summed E-state index contributed by atoms with van der Waals surface area (Å²) in [5.74, 6) is -7.61. The van der Waals surface area contributed by atoms with Gasteiger partial charge in [-0.2, -0.15) is 0 Å². The second-order valence-electron chi connectivity index (χ2n) is 23.1. The molecule has 1 aliphatic carbocycles. The molecule has 2 aromatic carbocycles. The molecular formula is C60H79N4O16P. The van der Waals surface area contributed by atoms with Crippen molar-refractivity contribution in [1.29, 1.82) is 0 Å². The van der Waals surface area contributed by atoms with Crippen LogP contribution < -0.4 is 14.8 Å². The fraction of sp³-hybridized carbons (Fsp3) is 0.550. The van der Waals surface area contributed by atoms with Gasteiger partial charge in [0.25, 0.3) is 11.7 Å². The van der Waals surface area contributed by atoms with E-state index < -0.39 is 95.9 Å². The maximum absolute atomic E-state index is 15.5. The Morgan fingerprint density at radius 1 is 0.938 bits per heavy atom. The molecule has 1 fully saturated rings. The van der Waals surface area contributed by atoms with Gasteiger partial charge in [-0.15, -0.1) is 0 Å². The van der Waals surface area contributed by atoms with E-state index in [4.69, 9.17) is 23.9 Å². The van der Waals surface area contributed by atoms with Crippen LogP contribution >= 0.6 is 7.60 Å². The van der Waals surface area contributed by atoms with Gasteiger partial charge in [0.1, 0.15) is 46.7 Å². The molecule has 440 valence electrons. The van der Waals surface area contributed by atoms with Crippen molar-refractivity contribution in [2.75, 3.05) is 32.8 Å². The number of piperidine rings is 1. The van der Waals surface area contributed by atoms with Gasteiger partial charge < -0.3 is 64.0 Å². The normalized spacial score (nSPS) is 29.0. The number of Topliss-reactive ketones (excluding diaryl/α,β-unsaturated/α-hetero) is 3. The van der Waals surface area contributed by atoms with Crippen LogP contribution in [0.15, 0.2) is 76.8 Å². The Balaban J connectivity index is 1.32. The molecule has 2 aromatic rings. The van der Waals surface area contributed by atoms with Gasteiger partial charge in [-0.1, -0.05) is 66.7 Å². The highest BCUT2D eigenvalue weighted by atomic mass is 31.2. The average Bonchev–Trinajstić information content (AvgIpc) is 3.89. The number of carbonyl (C=O) groups excluding carboxylic acids is 6. The molecule has 1 spiro atoms. The molecule has 0 saturated carbocycles. The maximum atomic E-state index is 15.5. The summed E-state index contributed by atoms with van der Waals surface area (Å²) in [4.78, 5) is 112. The second-order valence-corrected chi connectivity index (χ2v) is 25.0. The van der Waals surface area contributed by atoms with E-state index >= 15 is 9.59 Å². The van der Waals surface area contributed by atoms with Crippen molar-refractivity contribution in [3.8, 4) is 17.2 Å². The van der Waals surface area contributed by atoms with Crippen molar-refractivity contribution in [1.82, 2.24) is 15.1 Å². The van der Waals surface area contributed by atoms with Gasteiger partial charge in [0.05, 0.1) is 47.6 Å². The van der Waals surface area contributed by atoms with Gasteiger partial charge in [-0.3, -0.25) is 33.5 Å². The zero-order chi connectivity index (χ0) is 59.6. The number of allylic oxidation sites excluding steroid dienone is 5. The van der Waals surface area contributed by atoms with Crippen molar-refractivity contribution in [3.05, 3.63) is 99.6 Å². The van der Waals surface area contributed by atoms with Crippen LogP contribution in [-0.4, -0.2) is 144 Å². The zero-order valence-electron chi connectivity index (χ0n) is 48.1. The number of fused-ring (bicyclic) bond motifs is 13. The van der Waals surface area contributed by atoms with E-state index in [0.29, 0.717) is 43.2 Å². The van der Waals surface area contributed by atoms with Crippen LogP contribution in [-0.2, 0) is 28.4 Å². The number of rotatable bonds is 14. The topological polar surface area (TPSA) is 288 Å². The molecule has 5 aliphatic heterocycles. The van der Waals surface area contributed by atoms with E-state index in [0.717, 1.165) is 6.54 Å². The van der Waals surface area contributed by atoms with E-state index in [9.17, 15) is 48.8 Å². The molecule has 20 nitrogen and oxygen atoms in total. The summed E-state index contributed by atoms with van der Waals surface area (Å²) in [6.07, 6.45) is 5.82. The molecule has 8 rings (SSSR count). The van der Waals surface area contributed by atoms with Gasteiger partial charge in [0.15, 0.2) is 5.78 Å². The lowest BCUT2D eigenvalue weighted by Gasteiger charge is -2.45. The molecule has 5 bridgehead atoms. The van der Waals surface area contributed by atoms with E-state index in [2.05, 4.69) is 24.1 Å². The number of aliphatic hydroxyl groups is 2. The number of amides is 1. The summed E-state index contributed by atoms with van der Waals surface area (Å²) in [5, 5.41) is 38.3. The van der Waals surface area contributed by atoms with Gasteiger partial charge in [-0.25, -0.2) is 0 Å². The minimum atomic E-state index is -4.59. The lowest BCUT2D eigenvalue weighted by Crippen LogP contribution is -2.53. The van der Waals surface area contributed by atoms with Crippen LogP contribution in [0.3, 0.4) is 0 Å². The van der Waals surface area contributed by atoms with Gasteiger partial charge in [-0.05, 0) is 74.8 Å². The number of aliphatic hydroxyl groups excluding tert-OH is 2. The fourth-order valence-electron chi connectivity index (χ4n) is 11.6. The largest absolute Gasteiger partial charge is 0.507 e. The highest BCUT2D eigenvalue weighted by Gasteiger charge is 2.56. The van der Waals surface area contributed by atoms with E-state index in [1.165, 1.54) is 33.1 Å². The highest BCUT2D eigenvalue weighted by molar-refractivity contribution is 7.53. The number of hydrogen-bond acceptors (Lipinski definition) is 17.